The maximum Gasteiger partial charge on any atom is 0.270 e. The zero-order valence-corrected chi connectivity index (χ0v) is 22.8. The molecule has 4 rings (SSSR count). The van der Waals surface area contributed by atoms with Gasteiger partial charge in [0.2, 0.25) is 0 Å². The number of hydrogen-bond donors (Lipinski definition) is 0. The lowest BCUT2D eigenvalue weighted by molar-refractivity contribution is -0.0000378. The van der Waals surface area contributed by atoms with E-state index in [0.29, 0.717) is 16.7 Å². The molecule has 0 aromatic carbocycles. The maximum atomic E-state index is 13.0. The van der Waals surface area contributed by atoms with E-state index in [0.717, 1.165) is 42.5 Å². The third-order valence-electron chi connectivity index (χ3n) is 7.14. The molecule has 0 unspecified atom stereocenters. The number of hydrogen-bond acceptors (Lipinski definition) is 8. The van der Waals surface area contributed by atoms with Crippen LogP contribution in [0.1, 0.15) is 68.8 Å². The van der Waals surface area contributed by atoms with Gasteiger partial charge in [0.25, 0.3) is 5.56 Å². The summed E-state index contributed by atoms with van der Waals surface area (Å²) in [5.41, 5.74) is 4.08. The Morgan fingerprint density at radius 3 is 2.47 bits per heavy atom. The average molecular weight is 512 g/mol. The summed E-state index contributed by atoms with van der Waals surface area (Å²) in [7, 11) is 3.53. The third kappa shape index (κ3) is 5.24. The zero-order chi connectivity index (χ0) is 27.6. The summed E-state index contributed by atoms with van der Waals surface area (Å²) in [6.45, 7) is 7.96. The van der Waals surface area contributed by atoms with Crippen molar-refractivity contribution >= 4 is 22.4 Å². The van der Waals surface area contributed by atoms with Gasteiger partial charge in [-0.15, -0.1) is 0 Å². The minimum atomic E-state index is -0.410. The highest BCUT2D eigenvalue weighted by atomic mass is 16.6. The Labute approximate surface area is 223 Å². The van der Waals surface area contributed by atoms with E-state index in [9.17, 15) is 15.3 Å². The monoisotopic (exact) mass is 511 g/mol. The minimum Gasteiger partial charge on any atom is -0.390 e. The molecule has 3 aromatic heterocycles. The molecular formula is C29H33N7O2. The Kier molecular flexibility index (Phi) is 7.50. The van der Waals surface area contributed by atoms with Crippen LogP contribution in [0.25, 0.3) is 11.0 Å². The lowest BCUT2D eigenvalue weighted by Crippen LogP contribution is -2.39. The van der Waals surface area contributed by atoms with Crippen molar-refractivity contribution in [1.82, 2.24) is 14.5 Å². The quantitative estimate of drug-likeness (QED) is 0.363. The zero-order valence-electron chi connectivity index (χ0n) is 22.8. The summed E-state index contributed by atoms with van der Waals surface area (Å²) in [5.74, 6) is 0.197. The number of aryl methyl sites for hydroxylation is 2. The Bertz CT molecular complexity index is 1530. The first-order chi connectivity index (χ1) is 18.1. The molecule has 1 aliphatic carbocycles. The molecule has 0 atom stereocenters. The fourth-order valence-corrected chi connectivity index (χ4v) is 5.11. The minimum absolute atomic E-state index is 0.0421. The van der Waals surface area contributed by atoms with Gasteiger partial charge >= 0.3 is 0 Å². The van der Waals surface area contributed by atoms with Gasteiger partial charge in [-0.3, -0.25) is 9.78 Å². The van der Waals surface area contributed by atoms with E-state index in [1.54, 1.807) is 25.4 Å². The number of nitrogens with zero attached hydrogens (tertiary/aromatic N) is 7. The van der Waals surface area contributed by atoms with Crippen molar-refractivity contribution in [2.24, 2.45) is 18.1 Å². The molecule has 9 nitrogen and oxygen atoms in total. The number of anilines is 1. The standard InChI is InChI=1S/C29H33N7O2/c1-18-17-32-14-13-22(18)25(34-38-29(2,3)4)19-7-10-21(11-8-19)35(5)27-23(16-31)28(37)36(6)24-12-9-20(15-30)33-26(24)27/h9,12-14,17,19,21H,7-8,10-11H2,1-6H3/b34-25+. The Morgan fingerprint density at radius 1 is 1.16 bits per heavy atom. The van der Waals surface area contributed by atoms with Gasteiger partial charge in [-0.05, 0) is 77.1 Å². The van der Waals surface area contributed by atoms with Gasteiger partial charge in [0.05, 0.1) is 16.9 Å². The second-order valence-electron chi connectivity index (χ2n) is 10.9. The number of rotatable bonds is 5. The highest BCUT2D eigenvalue weighted by Gasteiger charge is 2.32. The Hall–Kier alpha value is -4.24. The van der Waals surface area contributed by atoms with Gasteiger partial charge in [0, 0.05) is 44.0 Å². The van der Waals surface area contributed by atoms with Gasteiger partial charge in [-0.1, -0.05) is 5.16 Å². The summed E-state index contributed by atoms with van der Waals surface area (Å²) in [4.78, 5) is 29.7. The Morgan fingerprint density at radius 2 is 1.87 bits per heavy atom. The fourth-order valence-electron chi connectivity index (χ4n) is 5.11. The van der Waals surface area contributed by atoms with Crippen LogP contribution in [0.3, 0.4) is 0 Å². The second-order valence-corrected chi connectivity index (χ2v) is 10.9. The molecule has 1 fully saturated rings. The molecule has 0 radical (unpaired) electrons. The molecule has 0 saturated heterocycles. The van der Waals surface area contributed by atoms with E-state index >= 15 is 0 Å². The molecule has 0 spiro atoms. The van der Waals surface area contributed by atoms with Crippen molar-refractivity contribution in [3.05, 3.63) is 63.3 Å². The molecule has 38 heavy (non-hydrogen) atoms. The van der Waals surface area contributed by atoms with Crippen molar-refractivity contribution in [1.29, 1.82) is 10.5 Å². The first kappa shape index (κ1) is 26.8. The highest BCUT2D eigenvalue weighted by Crippen LogP contribution is 2.35. The lowest BCUT2D eigenvalue weighted by atomic mass is 9.80. The van der Waals surface area contributed by atoms with Crippen molar-refractivity contribution < 1.29 is 4.84 Å². The first-order valence-corrected chi connectivity index (χ1v) is 12.8. The van der Waals surface area contributed by atoms with Crippen LogP contribution in [-0.2, 0) is 11.9 Å². The van der Waals surface area contributed by atoms with E-state index in [1.807, 2.05) is 51.9 Å². The predicted octanol–water partition coefficient (Wildman–Crippen LogP) is 4.59. The number of fused-ring (bicyclic) bond motifs is 1. The molecule has 0 aliphatic heterocycles. The molecule has 1 saturated carbocycles. The number of nitriles is 2. The van der Waals surface area contributed by atoms with E-state index in [4.69, 9.17) is 4.84 Å². The van der Waals surface area contributed by atoms with Crippen molar-refractivity contribution in [2.75, 3.05) is 11.9 Å². The van der Waals surface area contributed by atoms with Crippen LogP contribution in [0.5, 0.6) is 0 Å². The molecule has 3 aromatic rings. The summed E-state index contributed by atoms with van der Waals surface area (Å²) >= 11 is 0. The third-order valence-corrected chi connectivity index (χ3v) is 7.14. The van der Waals surface area contributed by atoms with Gasteiger partial charge in [0.15, 0.2) is 0 Å². The van der Waals surface area contributed by atoms with Crippen molar-refractivity contribution in [3.8, 4) is 12.1 Å². The van der Waals surface area contributed by atoms with Crippen LogP contribution >= 0.6 is 0 Å². The summed E-state index contributed by atoms with van der Waals surface area (Å²) in [6.07, 6.45) is 7.02. The topological polar surface area (TPSA) is 120 Å². The molecule has 1 aliphatic rings. The molecule has 0 bridgehead atoms. The average Bonchev–Trinajstić information content (AvgIpc) is 2.90. The van der Waals surface area contributed by atoms with Crippen LogP contribution in [0.4, 0.5) is 5.69 Å². The normalized spacial score (nSPS) is 18.1. The largest absolute Gasteiger partial charge is 0.390 e. The summed E-state index contributed by atoms with van der Waals surface area (Å²) in [6, 6.07) is 9.55. The molecule has 0 N–H and O–H groups in total. The second kappa shape index (κ2) is 10.6. The van der Waals surface area contributed by atoms with E-state index in [1.165, 1.54) is 4.57 Å². The Balaban J connectivity index is 1.67. The van der Waals surface area contributed by atoms with Crippen LogP contribution in [0, 0.1) is 35.5 Å². The van der Waals surface area contributed by atoms with Crippen LogP contribution in [0.15, 0.2) is 40.5 Å². The smallest absolute Gasteiger partial charge is 0.270 e. The van der Waals surface area contributed by atoms with Crippen molar-refractivity contribution in [2.45, 2.75) is 65.0 Å². The number of aromatic nitrogens is 3. The number of oxime groups is 1. The molecular weight excluding hydrogens is 478 g/mol. The van der Waals surface area contributed by atoms with Gasteiger partial charge < -0.3 is 14.3 Å². The van der Waals surface area contributed by atoms with E-state index < -0.39 is 5.60 Å². The van der Waals surface area contributed by atoms with Gasteiger partial charge in [0.1, 0.15) is 34.5 Å². The van der Waals surface area contributed by atoms with E-state index in [2.05, 4.69) is 27.3 Å². The summed E-state index contributed by atoms with van der Waals surface area (Å²) < 4.78 is 1.42. The predicted molar refractivity (Wildman–Crippen MR) is 147 cm³/mol. The first-order valence-electron chi connectivity index (χ1n) is 12.8. The fraction of sp³-hybridized carbons (Fsp3) is 0.448. The SMILES string of the molecule is Cc1cnccc1/C(=N/OC(C)(C)C)C1CCC(N(C)c2c(C#N)c(=O)n(C)c3ccc(C#N)nc23)CC1. The van der Waals surface area contributed by atoms with Crippen LogP contribution in [-0.4, -0.2) is 38.9 Å². The lowest BCUT2D eigenvalue weighted by Gasteiger charge is -2.37. The van der Waals surface area contributed by atoms with Gasteiger partial charge in [-0.25, -0.2) is 4.98 Å². The van der Waals surface area contributed by atoms with E-state index in [-0.39, 0.29) is 28.8 Å². The van der Waals surface area contributed by atoms with Gasteiger partial charge in [-0.2, -0.15) is 10.5 Å². The molecule has 0 amide bonds. The summed E-state index contributed by atoms with van der Waals surface area (Å²) in [5, 5.41) is 24.0. The number of pyridine rings is 3. The van der Waals surface area contributed by atoms with Crippen LogP contribution < -0.4 is 10.5 Å². The molecule has 196 valence electrons. The highest BCUT2D eigenvalue weighted by molar-refractivity contribution is 6.03. The molecule has 3 heterocycles. The molecule has 9 heteroatoms. The maximum absolute atomic E-state index is 13.0. The van der Waals surface area contributed by atoms with Crippen molar-refractivity contribution in [3.63, 3.8) is 0 Å². The van der Waals surface area contributed by atoms with Crippen LogP contribution in [0.2, 0.25) is 0 Å².